The Kier molecular flexibility index (Phi) is 8.83. The highest BCUT2D eigenvalue weighted by Crippen LogP contribution is 2.35. The highest BCUT2D eigenvalue weighted by molar-refractivity contribution is 4.73. The van der Waals surface area contributed by atoms with Crippen molar-refractivity contribution in [2.24, 2.45) is 17.8 Å². The molecule has 0 spiro atoms. The average Bonchev–Trinajstić information content (AvgIpc) is 2.54. The van der Waals surface area contributed by atoms with E-state index in [1.54, 1.807) is 51.4 Å². The summed E-state index contributed by atoms with van der Waals surface area (Å²) >= 11 is 0. The van der Waals surface area contributed by atoms with Crippen LogP contribution < -0.4 is 0 Å². The third-order valence-corrected chi connectivity index (χ3v) is 6.38. The van der Waals surface area contributed by atoms with E-state index in [0.717, 1.165) is 17.8 Å². The third kappa shape index (κ3) is 7.20. The van der Waals surface area contributed by atoms with Crippen molar-refractivity contribution in [3.8, 4) is 0 Å². The number of hydrogen-bond donors (Lipinski definition) is 0. The van der Waals surface area contributed by atoms with E-state index in [2.05, 4.69) is 6.92 Å². The summed E-state index contributed by atoms with van der Waals surface area (Å²) in [4.78, 5) is 0. The molecule has 0 atom stereocenters. The highest BCUT2D eigenvalue weighted by atomic mass is 14.3. The van der Waals surface area contributed by atoms with Crippen molar-refractivity contribution in [2.75, 3.05) is 0 Å². The van der Waals surface area contributed by atoms with Gasteiger partial charge in [0.15, 0.2) is 0 Å². The Morgan fingerprint density at radius 1 is 0.524 bits per heavy atom. The molecule has 2 aliphatic rings. The molecular formula is C21H40. The van der Waals surface area contributed by atoms with E-state index < -0.39 is 0 Å². The minimum Gasteiger partial charge on any atom is -0.0654 e. The van der Waals surface area contributed by atoms with E-state index in [9.17, 15) is 0 Å². The summed E-state index contributed by atoms with van der Waals surface area (Å²) in [6.45, 7) is 2.32. The lowest BCUT2D eigenvalue weighted by Crippen LogP contribution is -2.14. The zero-order valence-corrected chi connectivity index (χ0v) is 14.8. The summed E-state index contributed by atoms with van der Waals surface area (Å²) < 4.78 is 0. The normalized spacial score (nSPS) is 27.9. The summed E-state index contributed by atoms with van der Waals surface area (Å²) in [6.07, 6.45) is 25.9. The van der Waals surface area contributed by atoms with Crippen LogP contribution in [0.1, 0.15) is 116 Å². The minimum atomic E-state index is 1.09. The van der Waals surface area contributed by atoms with Crippen molar-refractivity contribution >= 4 is 0 Å². The highest BCUT2D eigenvalue weighted by Gasteiger charge is 2.20. The van der Waals surface area contributed by atoms with Gasteiger partial charge in [-0.1, -0.05) is 116 Å². The largest absolute Gasteiger partial charge is 0.0654 e. The topological polar surface area (TPSA) is 0 Å². The van der Waals surface area contributed by atoms with Crippen molar-refractivity contribution < 1.29 is 0 Å². The van der Waals surface area contributed by atoms with Crippen LogP contribution in [0.3, 0.4) is 0 Å². The van der Waals surface area contributed by atoms with Crippen molar-refractivity contribution in [3.63, 3.8) is 0 Å². The van der Waals surface area contributed by atoms with Gasteiger partial charge in [-0.2, -0.15) is 0 Å². The van der Waals surface area contributed by atoms with Crippen LogP contribution >= 0.6 is 0 Å². The first kappa shape index (κ1) is 17.4. The Bertz CT molecular complexity index is 230. The molecule has 0 aliphatic heterocycles. The molecule has 0 nitrogen and oxygen atoms in total. The molecule has 0 amide bonds. The zero-order chi connectivity index (χ0) is 14.8. The molecule has 0 heterocycles. The van der Waals surface area contributed by atoms with Gasteiger partial charge in [0.2, 0.25) is 0 Å². The van der Waals surface area contributed by atoms with Gasteiger partial charge in [-0.15, -0.1) is 0 Å². The standard InChI is InChI=1S/C21H40/c1-2-3-5-10-20-15-17-21(18-16-20)14-9-8-13-19-11-6-4-7-12-19/h19-21H,2-18H2,1H3/t20-,21-. The van der Waals surface area contributed by atoms with Crippen LogP contribution in [0.2, 0.25) is 0 Å². The van der Waals surface area contributed by atoms with Crippen LogP contribution in [0.5, 0.6) is 0 Å². The molecule has 0 N–H and O–H groups in total. The monoisotopic (exact) mass is 292 g/mol. The Balaban J connectivity index is 1.45. The van der Waals surface area contributed by atoms with E-state index in [-0.39, 0.29) is 0 Å². The van der Waals surface area contributed by atoms with Crippen LogP contribution in [0.4, 0.5) is 0 Å². The molecule has 0 aromatic heterocycles. The van der Waals surface area contributed by atoms with Crippen molar-refractivity contribution in [2.45, 2.75) is 116 Å². The summed E-state index contributed by atoms with van der Waals surface area (Å²) in [5.74, 6) is 3.29. The van der Waals surface area contributed by atoms with Gasteiger partial charge in [-0.05, 0) is 17.8 Å². The second-order valence-corrected chi connectivity index (χ2v) is 8.17. The molecule has 124 valence electrons. The molecule has 0 saturated heterocycles. The number of hydrogen-bond acceptors (Lipinski definition) is 0. The lowest BCUT2D eigenvalue weighted by atomic mass is 9.77. The first-order chi connectivity index (χ1) is 10.4. The summed E-state index contributed by atoms with van der Waals surface area (Å²) in [6, 6.07) is 0. The van der Waals surface area contributed by atoms with Crippen molar-refractivity contribution in [1.82, 2.24) is 0 Å². The smallest absolute Gasteiger partial charge is 0.0414 e. The molecule has 0 radical (unpaired) electrons. The molecule has 21 heavy (non-hydrogen) atoms. The van der Waals surface area contributed by atoms with Gasteiger partial charge in [0.25, 0.3) is 0 Å². The Labute approximate surface area is 134 Å². The van der Waals surface area contributed by atoms with E-state index in [0.29, 0.717) is 0 Å². The van der Waals surface area contributed by atoms with Crippen LogP contribution in [0.15, 0.2) is 0 Å². The molecular weight excluding hydrogens is 252 g/mol. The van der Waals surface area contributed by atoms with E-state index in [1.807, 2.05) is 0 Å². The molecule has 0 unspecified atom stereocenters. The van der Waals surface area contributed by atoms with Crippen molar-refractivity contribution in [1.29, 1.82) is 0 Å². The Morgan fingerprint density at radius 2 is 0.952 bits per heavy atom. The molecule has 0 bridgehead atoms. The molecule has 2 fully saturated rings. The second-order valence-electron chi connectivity index (χ2n) is 8.17. The van der Waals surface area contributed by atoms with Crippen LogP contribution in [-0.4, -0.2) is 0 Å². The van der Waals surface area contributed by atoms with Crippen LogP contribution in [0.25, 0.3) is 0 Å². The minimum absolute atomic E-state index is 1.09. The number of unbranched alkanes of at least 4 members (excludes halogenated alkanes) is 3. The number of rotatable bonds is 9. The summed E-state index contributed by atoms with van der Waals surface area (Å²) in [5.41, 5.74) is 0. The zero-order valence-electron chi connectivity index (χ0n) is 14.8. The third-order valence-electron chi connectivity index (χ3n) is 6.38. The molecule has 2 saturated carbocycles. The lowest BCUT2D eigenvalue weighted by Gasteiger charge is -2.29. The van der Waals surface area contributed by atoms with E-state index in [1.165, 1.54) is 57.8 Å². The fourth-order valence-electron chi connectivity index (χ4n) is 4.83. The SMILES string of the molecule is CCCCC[C@H]1CC[C@H](CCCCC2CCCCC2)CC1. The molecule has 2 aliphatic carbocycles. The van der Waals surface area contributed by atoms with Gasteiger partial charge in [0.05, 0.1) is 0 Å². The van der Waals surface area contributed by atoms with Gasteiger partial charge in [-0.25, -0.2) is 0 Å². The first-order valence-electron chi connectivity index (χ1n) is 10.4. The Morgan fingerprint density at radius 3 is 1.43 bits per heavy atom. The molecule has 0 aromatic rings. The molecule has 0 heteroatoms. The lowest BCUT2D eigenvalue weighted by molar-refractivity contribution is 0.241. The predicted molar refractivity (Wildman–Crippen MR) is 94.6 cm³/mol. The summed E-state index contributed by atoms with van der Waals surface area (Å²) in [7, 11) is 0. The average molecular weight is 293 g/mol. The second kappa shape index (κ2) is 10.7. The van der Waals surface area contributed by atoms with E-state index >= 15 is 0 Å². The fraction of sp³-hybridized carbons (Fsp3) is 1.00. The molecule has 0 aromatic carbocycles. The van der Waals surface area contributed by atoms with E-state index in [4.69, 9.17) is 0 Å². The maximum Gasteiger partial charge on any atom is -0.0414 e. The predicted octanol–water partition coefficient (Wildman–Crippen LogP) is 7.51. The van der Waals surface area contributed by atoms with Gasteiger partial charge in [0, 0.05) is 0 Å². The maximum atomic E-state index is 2.32. The first-order valence-corrected chi connectivity index (χ1v) is 10.4. The van der Waals surface area contributed by atoms with Crippen molar-refractivity contribution in [3.05, 3.63) is 0 Å². The van der Waals surface area contributed by atoms with Crippen LogP contribution in [-0.2, 0) is 0 Å². The quantitative estimate of drug-likeness (QED) is 0.386. The molecule has 2 rings (SSSR count). The van der Waals surface area contributed by atoms with Gasteiger partial charge >= 0.3 is 0 Å². The summed E-state index contributed by atoms with van der Waals surface area (Å²) in [5, 5.41) is 0. The van der Waals surface area contributed by atoms with Crippen LogP contribution in [0, 0.1) is 17.8 Å². The maximum absolute atomic E-state index is 2.32. The van der Waals surface area contributed by atoms with Gasteiger partial charge in [-0.3, -0.25) is 0 Å². The fourth-order valence-corrected chi connectivity index (χ4v) is 4.83. The Hall–Kier alpha value is 0. The van der Waals surface area contributed by atoms with Gasteiger partial charge < -0.3 is 0 Å². The van der Waals surface area contributed by atoms with Gasteiger partial charge in [0.1, 0.15) is 0 Å².